The van der Waals surface area contributed by atoms with E-state index in [1.54, 1.807) is 0 Å². The van der Waals surface area contributed by atoms with Gasteiger partial charge in [0.2, 0.25) is 0 Å². The van der Waals surface area contributed by atoms with Crippen LogP contribution in [0.2, 0.25) is 0 Å². The van der Waals surface area contributed by atoms with Crippen molar-refractivity contribution in [1.29, 1.82) is 0 Å². The van der Waals surface area contributed by atoms with Gasteiger partial charge in [-0.3, -0.25) is 0 Å². The van der Waals surface area contributed by atoms with Gasteiger partial charge >= 0.3 is 0 Å². The van der Waals surface area contributed by atoms with Crippen LogP contribution in [0.15, 0.2) is 0 Å². The van der Waals surface area contributed by atoms with Crippen molar-refractivity contribution < 1.29 is 20.1 Å². The lowest BCUT2D eigenvalue weighted by molar-refractivity contribution is -0.160. The smallest absolute Gasteiger partial charge is 0.0923 e. The highest BCUT2D eigenvalue weighted by atomic mass is 16.5. The first-order valence-electron chi connectivity index (χ1n) is 9.80. The zero-order valence-electron chi connectivity index (χ0n) is 16.0. The normalized spacial score (nSPS) is 55.6. The van der Waals surface area contributed by atoms with E-state index in [1.807, 2.05) is 20.8 Å². The zero-order valence-corrected chi connectivity index (χ0v) is 16.0. The predicted octanol–water partition coefficient (Wildman–Crippen LogP) is 2.88. The van der Waals surface area contributed by atoms with Crippen molar-refractivity contribution in [1.82, 2.24) is 0 Å². The van der Waals surface area contributed by atoms with Crippen molar-refractivity contribution in [2.24, 2.45) is 23.7 Å². The third kappa shape index (κ3) is 2.94. The van der Waals surface area contributed by atoms with E-state index in [4.69, 9.17) is 4.74 Å². The summed E-state index contributed by atoms with van der Waals surface area (Å²) in [6.07, 6.45) is 4.10. The maximum atomic E-state index is 11.2. The molecule has 0 aromatic rings. The quantitative estimate of drug-likeness (QED) is 0.686. The molecule has 3 fully saturated rings. The van der Waals surface area contributed by atoms with Gasteiger partial charge in [0, 0.05) is 5.92 Å². The molecule has 2 heterocycles. The number of rotatable bonds is 1. The molecule has 0 radical (unpaired) electrons. The molecule has 8 unspecified atom stereocenters. The molecule has 8 atom stereocenters. The Morgan fingerprint density at radius 2 is 1.38 bits per heavy atom. The van der Waals surface area contributed by atoms with E-state index in [2.05, 4.69) is 13.8 Å². The van der Waals surface area contributed by atoms with Gasteiger partial charge in [-0.2, -0.15) is 0 Å². The minimum absolute atomic E-state index is 0.0957. The van der Waals surface area contributed by atoms with E-state index >= 15 is 0 Å². The molecule has 0 aromatic carbocycles. The van der Waals surface area contributed by atoms with Crippen molar-refractivity contribution in [3.63, 3.8) is 0 Å². The minimum atomic E-state index is -0.957. The van der Waals surface area contributed by atoms with Gasteiger partial charge in [0.1, 0.15) is 0 Å². The van der Waals surface area contributed by atoms with Crippen LogP contribution in [-0.2, 0) is 4.74 Å². The lowest BCUT2D eigenvalue weighted by atomic mass is 9.56. The van der Waals surface area contributed by atoms with Crippen LogP contribution in [0.1, 0.15) is 73.1 Å². The largest absolute Gasteiger partial charge is 0.390 e. The Kier molecular flexibility index (Phi) is 4.61. The minimum Gasteiger partial charge on any atom is -0.390 e. The average molecular weight is 341 g/mol. The highest BCUT2D eigenvalue weighted by Crippen LogP contribution is 2.57. The van der Waals surface area contributed by atoms with Crippen LogP contribution >= 0.6 is 0 Å². The molecule has 4 nitrogen and oxygen atoms in total. The summed E-state index contributed by atoms with van der Waals surface area (Å²) < 4.78 is 6.42. The number of hydrogen-bond acceptors (Lipinski definition) is 4. The third-order valence-electron chi connectivity index (χ3n) is 7.28. The summed E-state index contributed by atoms with van der Waals surface area (Å²) in [4.78, 5) is 0. The number of fused-ring (bicyclic) bond motifs is 5. The van der Waals surface area contributed by atoms with Crippen molar-refractivity contribution in [3.05, 3.63) is 0 Å². The lowest BCUT2D eigenvalue weighted by Crippen LogP contribution is -2.56. The van der Waals surface area contributed by atoms with Crippen LogP contribution in [-0.4, -0.2) is 44.3 Å². The van der Waals surface area contributed by atoms with Crippen molar-refractivity contribution in [3.8, 4) is 0 Å². The standard InChI is InChI=1S/C20H36O4/c1-12(2)13-8-11-18(3,21)15-14(13)16-19(4,22)9-6-7-10-20(5,23)17(15)24-16/h12-17,21-23H,6-11H2,1-5H3. The fourth-order valence-corrected chi connectivity index (χ4v) is 5.90. The molecule has 24 heavy (non-hydrogen) atoms. The first-order valence-corrected chi connectivity index (χ1v) is 9.80. The molecule has 0 aromatic heterocycles. The molecule has 3 aliphatic rings. The second-order valence-corrected chi connectivity index (χ2v) is 9.81. The molecular weight excluding hydrogens is 304 g/mol. The Morgan fingerprint density at radius 1 is 0.833 bits per heavy atom. The van der Waals surface area contributed by atoms with Gasteiger partial charge in [-0.1, -0.05) is 26.7 Å². The molecule has 140 valence electrons. The van der Waals surface area contributed by atoms with Crippen molar-refractivity contribution in [2.75, 3.05) is 0 Å². The molecular formula is C20H36O4. The van der Waals surface area contributed by atoms with Gasteiger partial charge in [-0.05, 0) is 64.2 Å². The van der Waals surface area contributed by atoms with Crippen LogP contribution in [0.25, 0.3) is 0 Å². The predicted molar refractivity (Wildman–Crippen MR) is 93.5 cm³/mol. The molecule has 2 saturated heterocycles. The Hall–Kier alpha value is -0.160. The van der Waals surface area contributed by atoms with Gasteiger partial charge in [-0.25, -0.2) is 0 Å². The molecule has 1 saturated carbocycles. The molecule has 2 bridgehead atoms. The first kappa shape index (κ1) is 18.6. The van der Waals surface area contributed by atoms with Crippen LogP contribution < -0.4 is 0 Å². The second kappa shape index (κ2) is 5.94. The fourth-order valence-electron chi connectivity index (χ4n) is 5.90. The van der Waals surface area contributed by atoms with Gasteiger partial charge in [0.25, 0.3) is 0 Å². The van der Waals surface area contributed by atoms with E-state index in [0.717, 1.165) is 25.7 Å². The van der Waals surface area contributed by atoms with Crippen LogP contribution in [0, 0.1) is 23.7 Å². The van der Waals surface area contributed by atoms with Gasteiger partial charge < -0.3 is 20.1 Å². The van der Waals surface area contributed by atoms with Crippen molar-refractivity contribution >= 4 is 0 Å². The highest BCUT2D eigenvalue weighted by Gasteiger charge is 2.64. The van der Waals surface area contributed by atoms with Crippen molar-refractivity contribution in [2.45, 2.75) is 102 Å². The maximum Gasteiger partial charge on any atom is 0.0923 e. The molecule has 0 amide bonds. The van der Waals surface area contributed by atoms with Crippen LogP contribution in [0.3, 0.4) is 0 Å². The molecule has 1 aliphatic carbocycles. The molecule has 4 heteroatoms. The average Bonchev–Trinajstić information content (AvgIpc) is 2.87. The Labute approximate surface area is 146 Å². The number of hydrogen-bond donors (Lipinski definition) is 3. The second-order valence-electron chi connectivity index (χ2n) is 9.81. The topological polar surface area (TPSA) is 69.9 Å². The summed E-state index contributed by atoms with van der Waals surface area (Å²) >= 11 is 0. The number of aliphatic hydroxyl groups is 3. The van der Waals surface area contributed by atoms with Crippen LogP contribution in [0.5, 0.6) is 0 Å². The zero-order chi connectivity index (χ0) is 17.9. The van der Waals surface area contributed by atoms with E-state index in [0.29, 0.717) is 24.7 Å². The summed E-state index contributed by atoms with van der Waals surface area (Å²) in [5.74, 6) is 0.857. The van der Waals surface area contributed by atoms with Crippen LogP contribution in [0.4, 0.5) is 0 Å². The molecule has 3 N–H and O–H groups in total. The van der Waals surface area contributed by atoms with Gasteiger partial charge in [0.05, 0.1) is 29.0 Å². The van der Waals surface area contributed by atoms with E-state index in [9.17, 15) is 15.3 Å². The third-order valence-corrected chi connectivity index (χ3v) is 7.28. The monoisotopic (exact) mass is 340 g/mol. The summed E-state index contributed by atoms with van der Waals surface area (Å²) in [5, 5.41) is 33.5. The summed E-state index contributed by atoms with van der Waals surface area (Å²) in [6, 6.07) is 0. The van der Waals surface area contributed by atoms with E-state index in [1.165, 1.54) is 0 Å². The highest BCUT2D eigenvalue weighted by molar-refractivity contribution is 5.13. The first-order chi connectivity index (χ1) is 11.0. The molecule has 3 rings (SSSR count). The van der Waals surface area contributed by atoms with E-state index < -0.39 is 22.9 Å². The Bertz CT molecular complexity index is 468. The molecule has 2 aliphatic heterocycles. The maximum absolute atomic E-state index is 11.2. The summed E-state index contributed by atoms with van der Waals surface area (Å²) in [5.41, 5.74) is -2.71. The summed E-state index contributed by atoms with van der Waals surface area (Å²) in [7, 11) is 0. The Balaban J connectivity index is 2.09. The fraction of sp³-hybridized carbons (Fsp3) is 1.00. The van der Waals surface area contributed by atoms with E-state index in [-0.39, 0.29) is 17.9 Å². The lowest BCUT2D eigenvalue weighted by Gasteiger charge is -2.50. The molecule has 0 spiro atoms. The SMILES string of the molecule is CC(C)C1CCC(C)(O)C2C1C1OC2C(C)(O)CCCCC1(C)O. The number of ether oxygens (including phenoxy) is 1. The Morgan fingerprint density at radius 3 is 1.92 bits per heavy atom. The van der Waals surface area contributed by atoms with Gasteiger partial charge in [0.15, 0.2) is 0 Å². The summed E-state index contributed by atoms with van der Waals surface area (Å²) in [6.45, 7) is 10.1. The van der Waals surface area contributed by atoms with Gasteiger partial charge in [-0.15, -0.1) is 0 Å².